The number of ketones is 1. The SMILES string of the molecule is COC(=O)c1cc(C(C(C)=O)C(=O)OC)n(N(C)C)c1C. The highest BCUT2D eigenvalue weighted by Gasteiger charge is 2.33. The molecule has 1 aromatic heterocycles. The summed E-state index contributed by atoms with van der Waals surface area (Å²) in [6.07, 6.45) is 0. The van der Waals surface area contributed by atoms with Crippen molar-refractivity contribution in [1.29, 1.82) is 0 Å². The van der Waals surface area contributed by atoms with Gasteiger partial charge >= 0.3 is 11.9 Å². The summed E-state index contributed by atoms with van der Waals surface area (Å²) in [5.74, 6) is -2.64. The first-order valence-corrected chi connectivity index (χ1v) is 6.32. The maximum Gasteiger partial charge on any atom is 0.339 e. The molecule has 7 heteroatoms. The molecule has 0 fully saturated rings. The van der Waals surface area contributed by atoms with Crippen molar-refractivity contribution < 1.29 is 23.9 Å². The van der Waals surface area contributed by atoms with Crippen molar-refractivity contribution in [2.24, 2.45) is 0 Å². The molecule has 1 rings (SSSR count). The summed E-state index contributed by atoms with van der Waals surface area (Å²) in [7, 11) is 5.98. The quantitative estimate of drug-likeness (QED) is 0.586. The molecule has 0 saturated heterocycles. The van der Waals surface area contributed by atoms with E-state index < -0.39 is 17.9 Å². The van der Waals surface area contributed by atoms with Gasteiger partial charge in [-0.15, -0.1) is 0 Å². The third-order valence-electron chi connectivity index (χ3n) is 3.19. The number of ether oxygens (including phenoxy) is 2. The van der Waals surface area contributed by atoms with Crippen molar-refractivity contribution in [3.63, 3.8) is 0 Å². The summed E-state index contributed by atoms with van der Waals surface area (Å²) in [6, 6.07) is 1.49. The van der Waals surface area contributed by atoms with Crippen molar-refractivity contribution in [2.75, 3.05) is 33.3 Å². The highest BCUT2D eigenvalue weighted by molar-refractivity contribution is 6.03. The standard InChI is InChI=1S/C14H20N2O5/c1-8-10(13(18)20-5)7-11(16(8)15(3)4)12(9(2)17)14(19)21-6/h7,12H,1-6H3. The van der Waals surface area contributed by atoms with Gasteiger partial charge in [-0.05, 0) is 19.9 Å². The predicted molar refractivity (Wildman–Crippen MR) is 76.0 cm³/mol. The van der Waals surface area contributed by atoms with E-state index in [0.717, 1.165) is 0 Å². The van der Waals surface area contributed by atoms with Crippen LogP contribution in [-0.2, 0) is 19.1 Å². The lowest BCUT2D eigenvalue weighted by molar-refractivity contribution is -0.145. The van der Waals surface area contributed by atoms with E-state index in [-0.39, 0.29) is 5.78 Å². The van der Waals surface area contributed by atoms with E-state index in [1.165, 1.54) is 27.2 Å². The molecule has 0 saturated carbocycles. The minimum atomic E-state index is -1.09. The summed E-state index contributed by atoms with van der Waals surface area (Å²) < 4.78 is 11.0. The molecule has 0 amide bonds. The van der Waals surface area contributed by atoms with E-state index in [2.05, 4.69) is 0 Å². The van der Waals surface area contributed by atoms with E-state index in [4.69, 9.17) is 9.47 Å². The largest absolute Gasteiger partial charge is 0.468 e. The molecule has 0 radical (unpaired) electrons. The third kappa shape index (κ3) is 3.07. The number of nitrogens with zero attached hydrogens (tertiary/aromatic N) is 2. The molecular formula is C14H20N2O5. The maximum atomic E-state index is 11.9. The predicted octanol–water partition coefficient (Wildman–Crippen LogP) is 0.626. The number of rotatable bonds is 5. The van der Waals surface area contributed by atoms with E-state index >= 15 is 0 Å². The first kappa shape index (κ1) is 16.7. The Labute approximate surface area is 123 Å². The summed E-state index contributed by atoms with van der Waals surface area (Å²) in [5, 5.41) is 1.68. The Morgan fingerprint density at radius 2 is 1.76 bits per heavy atom. The van der Waals surface area contributed by atoms with Crippen LogP contribution in [0.15, 0.2) is 6.07 Å². The highest BCUT2D eigenvalue weighted by atomic mass is 16.5. The number of Topliss-reactive ketones (excluding diaryl/α,β-unsaturated/α-hetero) is 1. The van der Waals surface area contributed by atoms with Gasteiger partial charge in [0.2, 0.25) is 0 Å². The van der Waals surface area contributed by atoms with Gasteiger partial charge in [0.15, 0.2) is 5.92 Å². The number of carbonyl (C=O) groups is 3. The fraction of sp³-hybridized carbons (Fsp3) is 0.500. The molecule has 1 aromatic rings. The van der Waals surface area contributed by atoms with Crippen molar-refractivity contribution in [1.82, 2.24) is 4.68 Å². The van der Waals surface area contributed by atoms with Gasteiger partial charge in [0.1, 0.15) is 5.78 Å². The molecule has 21 heavy (non-hydrogen) atoms. The second-order valence-electron chi connectivity index (χ2n) is 4.79. The van der Waals surface area contributed by atoms with Crippen LogP contribution < -0.4 is 5.01 Å². The normalized spacial score (nSPS) is 11.7. The fourth-order valence-corrected chi connectivity index (χ4v) is 2.29. The van der Waals surface area contributed by atoms with E-state index in [1.54, 1.807) is 30.7 Å². The second kappa shape index (κ2) is 6.43. The molecule has 1 heterocycles. The zero-order valence-corrected chi connectivity index (χ0v) is 13.1. The average molecular weight is 296 g/mol. The van der Waals surface area contributed by atoms with Gasteiger partial charge in [-0.3, -0.25) is 14.3 Å². The molecule has 0 aliphatic carbocycles. The molecule has 1 atom stereocenters. The number of hydrogen-bond acceptors (Lipinski definition) is 6. The lowest BCUT2D eigenvalue weighted by atomic mass is 10.0. The monoisotopic (exact) mass is 296 g/mol. The van der Waals surface area contributed by atoms with Gasteiger partial charge < -0.3 is 14.5 Å². The number of esters is 2. The van der Waals surface area contributed by atoms with Crippen molar-refractivity contribution in [2.45, 2.75) is 19.8 Å². The van der Waals surface area contributed by atoms with E-state index in [9.17, 15) is 14.4 Å². The number of methoxy groups -OCH3 is 2. The number of carbonyl (C=O) groups excluding carboxylic acids is 3. The average Bonchev–Trinajstić information content (AvgIpc) is 2.74. The van der Waals surface area contributed by atoms with Gasteiger partial charge in [-0.1, -0.05) is 0 Å². The number of aromatic nitrogens is 1. The Morgan fingerprint density at radius 3 is 2.14 bits per heavy atom. The van der Waals surface area contributed by atoms with Crippen molar-refractivity contribution in [3.05, 3.63) is 23.0 Å². The Hall–Kier alpha value is -2.31. The van der Waals surface area contributed by atoms with Crippen LogP contribution in [0.4, 0.5) is 0 Å². The Bertz CT molecular complexity index is 574. The van der Waals surface area contributed by atoms with Gasteiger partial charge in [0, 0.05) is 14.1 Å². The van der Waals surface area contributed by atoms with Crippen molar-refractivity contribution in [3.8, 4) is 0 Å². The highest BCUT2D eigenvalue weighted by Crippen LogP contribution is 2.25. The Balaban J connectivity index is 3.56. The molecular weight excluding hydrogens is 276 g/mol. The van der Waals surface area contributed by atoms with Crippen LogP contribution in [0, 0.1) is 6.92 Å². The van der Waals surface area contributed by atoms with Gasteiger partial charge in [-0.25, -0.2) is 4.79 Å². The van der Waals surface area contributed by atoms with E-state index in [0.29, 0.717) is 17.0 Å². The van der Waals surface area contributed by atoms with Crippen LogP contribution in [0.5, 0.6) is 0 Å². The molecule has 0 bridgehead atoms. The first-order valence-electron chi connectivity index (χ1n) is 6.32. The zero-order valence-electron chi connectivity index (χ0n) is 13.1. The molecule has 0 aliphatic rings. The maximum absolute atomic E-state index is 11.9. The second-order valence-corrected chi connectivity index (χ2v) is 4.79. The third-order valence-corrected chi connectivity index (χ3v) is 3.19. The van der Waals surface area contributed by atoms with Crippen LogP contribution in [0.3, 0.4) is 0 Å². The molecule has 0 aliphatic heterocycles. The van der Waals surface area contributed by atoms with Gasteiger partial charge in [0.25, 0.3) is 0 Å². The minimum Gasteiger partial charge on any atom is -0.468 e. The summed E-state index contributed by atoms with van der Waals surface area (Å²) in [4.78, 5) is 35.5. The smallest absolute Gasteiger partial charge is 0.339 e. The minimum absolute atomic E-state index is 0.302. The summed E-state index contributed by atoms with van der Waals surface area (Å²) >= 11 is 0. The van der Waals surface area contributed by atoms with Crippen LogP contribution in [0.1, 0.15) is 34.6 Å². The fourth-order valence-electron chi connectivity index (χ4n) is 2.29. The Morgan fingerprint density at radius 1 is 1.19 bits per heavy atom. The molecule has 0 N–H and O–H groups in total. The Kier molecular flexibility index (Phi) is 5.12. The summed E-state index contributed by atoms with van der Waals surface area (Å²) in [6.45, 7) is 3.02. The molecule has 1 unspecified atom stereocenters. The van der Waals surface area contributed by atoms with Crippen LogP contribution in [0.25, 0.3) is 0 Å². The van der Waals surface area contributed by atoms with Crippen LogP contribution >= 0.6 is 0 Å². The summed E-state index contributed by atoms with van der Waals surface area (Å²) in [5.41, 5.74) is 1.26. The molecule has 116 valence electrons. The van der Waals surface area contributed by atoms with Gasteiger partial charge in [0.05, 0.1) is 31.2 Å². The van der Waals surface area contributed by atoms with Crippen LogP contribution in [0.2, 0.25) is 0 Å². The lowest BCUT2D eigenvalue weighted by Crippen LogP contribution is -2.32. The van der Waals surface area contributed by atoms with Crippen LogP contribution in [-0.4, -0.2) is 50.7 Å². The topological polar surface area (TPSA) is 77.8 Å². The van der Waals surface area contributed by atoms with Gasteiger partial charge in [-0.2, -0.15) is 0 Å². The lowest BCUT2D eigenvalue weighted by Gasteiger charge is -2.23. The molecule has 7 nitrogen and oxygen atoms in total. The molecule has 0 aromatic carbocycles. The number of hydrogen-bond donors (Lipinski definition) is 0. The first-order chi connectivity index (χ1) is 9.76. The zero-order chi connectivity index (χ0) is 16.3. The van der Waals surface area contributed by atoms with Crippen molar-refractivity contribution >= 4 is 17.7 Å². The molecule has 0 spiro atoms. The van der Waals surface area contributed by atoms with E-state index in [1.807, 2.05) is 0 Å².